The van der Waals surface area contributed by atoms with E-state index in [2.05, 4.69) is 15.1 Å². The lowest BCUT2D eigenvalue weighted by Crippen LogP contribution is -2.47. The topological polar surface area (TPSA) is 95.7 Å². The molecule has 3 rings (SSSR count). The van der Waals surface area contributed by atoms with Gasteiger partial charge in [-0.3, -0.25) is 9.69 Å². The van der Waals surface area contributed by atoms with Crippen molar-refractivity contribution < 1.29 is 17.6 Å². The van der Waals surface area contributed by atoms with Gasteiger partial charge in [0, 0.05) is 51.4 Å². The predicted molar refractivity (Wildman–Crippen MR) is 114 cm³/mol. The number of piperazine rings is 1. The van der Waals surface area contributed by atoms with Crippen LogP contribution in [-0.4, -0.2) is 58.5 Å². The number of primary sulfonamides is 1. The van der Waals surface area contributed by atoms with Crippen molar-refractivity contribution in [2.75, 3.05) is 44.2 Å². The summed E-state index contributed by atoms with van der Waals surface area (Å²) < 4.78 is 35.6. The number of benzene rings is 2. The Morgan fingerprint density at radius 3 is 2.23 bits per heavy atom. The number of amides is 1. The van der Waals surface area contributed by atoms with Crippen molar-refractivity contribution in [1.29, 1.82) is 0 Å². The molecule has 0 radical (unpaired) electrons. The molecule has 9 heteroatoms. The van der Waals surface area contributed by atoms with E-state index >= 15 is 0 Å². The highest BCUT2D eigenvalue weighted by Gasteiger charge is 2.17. The van der Waals surface area contributed by atoms with Gasteiger partial charge in [0.1, 0.15) is 5.82 Å². The van der Waals surface area contributed by atoms with Gasteiger partial charge in [-0.1, -0.05) is 12.1 Å². The number of sulfonamides is 1. The van der Waals surface area contributed by atoms with Crippen LogP contribution in [0.15, 0.2) is 53.4 Å². The number of carbonyl (C=O) groups is 1. The van der Waals surface area contributed by atoms with Crippen molar-refractivity contribution in [3.63, 3.8) is 0 Å². The molecule has 0 aliphatic carbocycles. The Morgan fingerprint density at radius 1 is 1.00 bits per heavy atom. The third-order valence-electron chi connectivity index (χ3n) is 5.21. The first-order valence-corrected chi connectivity index (χ1v) is 11.5. The first-order valence-electron chi connectivity index (χ1n) is 9.92. The molecule has 0 aromatic heterocycles. The summed E-state index contributed by atoms with van der Waals surface area (Å²) in [5, 5.41) is 7.98. The fourth-order valence-corrected chi connectivity index (χ4v) is 3.94. The predicted octanol–water partition coefficient (Wildman–Crippen LogP) is 1.34. The number of hydrogen-bond donors (Lipinski definition) is 2. The van der Waals surface area contributed by atoms with Gasteiger partial charge in [-0.2, -0.15) is 0 Å². The fourth-order valence-electron chi connectivity index (χ4n) is 3.42. The molecule has 0 atom stereocenters. The van der Waals surface area contributed by atoms with Crippen LogP contribution in [0.1, 0.15) is 12.0 Å². The molecule has 0 unspecified atom stereocenters. The maximum absolute atomic E-state index is 13.0. The van der Waals surface area contributed by atoms with Crippen molar-refractivity contribution >= 4 is 21.6 Å². The summed E-state index contributed by atoms with van der Waals surface area (Å²) in [5.41, 5.74) is 1.95. The smallest absolute Gasteiger partial charge is 0.238 e. The SMILES string of the molecule is NS(=O)(=O)c1ccc(CCNC(=O)CCN2CCN(c3ccc(F)cc3)CC2)cc1. The molecular weight excluding hydrogens is 407 g/mol. The highest BCUT2D eigenvalue weighted by Crippen LogP contribution is 2.17. The molecule has 0 saturated carbocycles. The van der Waals surface area contributed by atoms with Crippen LogP contribution in [0, 0.1) is 5.82 Å². The molecule has 0 bridgehead atoms. The molecule has 0 spiro atoms. The summed E-state index contributed by atoms with van der Waals surface area (Å²) >= 11 is 0. The highest BCUT2D eigenvalue weighted by atomic mass is 32.2. The van der Waals surface area contributed by atoms with Crippen LogP contribution < -0.4 is 15.4 Å². The zero-order chi connectivity index (χ0) is 21.6. The number of halogens is 1. The molecule has 7 nitrogen and oxygen atoms in total. The standard InChI is InChI=1S/C21H27FN4O3S/c22-18-3-5-19(6-4-18)26-15-13-25(14-16-26)12-10-21(27)24-11-9-17-1-7-20(8-2-17)30(23,28)29/h1-8H,9-16H2,(H,24,27)(H2,23,28,29). The van der Waals surface area contributed by atoms with E-state index < -0.39 is 10.0 Å². The van der Waals surface area contributed by atoms with Crippen LogP contribution >= 0.6 is 0 Å². The van der Waals surface area contributed by atoms with Crippen LogP contribution in [0.2, 0.25) is 0 Å². The van der Waals surface area contributed by atoms with E-state index in [1.54, 1.807) is 24.3 Å². The molecule has 1 amide bonds. The summed E-state index contributed by atoms with van der Waals surface area (Å²) in [5.74, 6) is -0.235. The van der Waals surface area contributed by atoms with E-state index in [0.717, 1.165) is 37.4 Å². The van der Waals surface area contributed by atoms with Crippen molar-refractivity contribution in [2.45, 2.75) is 17.7 Å². The molecular formula is C21H27FN4O3S. The van der Waals surface area contributed by atoms with E-state index in [1.807, 2.05) is 0 Å². The Hall–Kier alpha value is -2.49. The van der Waals surface area contributed by atoms with E-state index in [0.29, 0.717) is 25.9 Å². The first kappa shape index (κ1) is 22.2. The Balaban J connectivity index is 1.33. The van der Waals surface area contributed by atoms with E-state index in [9.17, 15) is 17.6 Å². The highest BCUT2D eigenvalue weighted by molar-refractivity contribution is 7.89. The summed E-state index contributed by atoms with van der Waals surface area (Å²) in [6.07, 6.45) is 1.05. The lowest BCUT2D eigenvalue weighted by molar-refractivity contribution is -0.121. The molecule has 2 aromatic carbocycles. The normalized spacial score (nSPS) is 15.2. The van der Waals surface area contributed by atoms with Gasteiger partial charge >= 0.3 is 0 Å². The minimum atomic E-state index is -3.69. The number of rotatable bonds is 8. The Kier molecular flexibility index (Phi) is 7.41. The second-order valence-electron chi connectivity index (χ2n) is 7.34. The van der Waals surface area contributed by atoms with Crippen LogP contribution in [0.4, 0.5) is 10.1 Å². The lowest BCUT2D eigenvalue weighted by atomic mass is 10.1. The number of nitrogens with one attached hydrogen (secondary N) is 1. The van der Waals surface area contributed by atoms with Gasteiger partial charge in [0.2, 0.25) is 15.9 Å². The summed E-state index contributed by atoms with van der Waals surface area (Å²) in [6, 6.07) is 12.9. The van der Waals surface area contributed by atoms with Gasteiger partial charge in [-0.05, 0) is 48.4 Å². The number of hydrogen-bond acceptors (Lipinski definition) is 5. The first-order chi connectivity index (χ1) is 14.3. The summed E-state index contributed by atoms with van der Waals surface area (Å²) in [7, 11) is -3.69. The average Bonchev–Trinajstić information content (AvgIpc) is 2.73. The van der Waals surface area contributed by atoms with Crippen LogP contribution in [0.5, 0.6) is 0 Å². The maximum Gasteiger partial charge on any atom is 0.238 e. The molecule has 1 aliphatic rings. The molecule has 1 aliphatic heterocycles. The second kappa shape index (κ2) is 10.0. The molecule has 1 fully saturated rings. The quantitative estimate of drug-likeness (QED) is 0.654. The number of nitrogens with zero attached hydrogens (tertiary/aromatic N) is 2. The number of carbonyl (C=O) groups excluding carboxylic acids is 1. The number of nitrogens with two attached hydrogens (primary N) is 1. The molecule has 1 saturated heterocycles. The maximum atomic E-state index is 13.0. The Morgan fingerprint density at radius 2 is 1.63 bits per heavy atom. The number of anilines is 1. The van der Waals surface area contributed by atoms with Crippen molar-refractivity contribution in [2.24, 2.45) is 5.14 Å². The Bertz CT molecular complexity index is 941. The summed E-state index contributed by atoms with van der Waals surface area (Å²) in [6.45, 7) is 4.61. The minimum Gasteiger partial charge on any atom is -0.369 e. The van der Waals surface area contributed by atoms with Crippen LogP contribution in [-0.2, 0) is 21.2 Å². The minimum absolute atomic E-state index is 0.00267. The summed E-state index contributed by atoms with van der Waals surface area (Å²) in [4.78, 5) is 16.7. The van der Waals surface area contributed by atoms with Gasteiger partial charge in [0.25, 0.3) is 0 Å². The molecule has 1 heterocycles. The third kappa shape index (κ3) is 6.51. The zero-order valence-corrected chi connectivity index (χ0v) is 17.6. The van der Waals surface area contributed by atoms with E-state index in [4.69, 9.17) is 5.14 Å². The van der Waals surface area contributed by atoms with Crippen molar-refractivity contribution in [3.8, 4) is 0 Å². The van der Waals surface area contributed by atoms with E-state index in [-0.39, 0.29) is 16.6 Å². The zero-order valence-electron chi connectivity index (χ0n) is 16.8. The molecule has 2 aromatic rings. The van der Waals surface area contributed by atoms with Gasteiger partial charge in [-0.25, -0.2) is 17.9 Å². The van der Waals surface area contributed by atoms with Crippen molar-refractivity contribution in [1.82, 2.24) is 10.2 Å². The van der Waals surface area contributed by atoms with Crippen LogP contribution in [0.25, 0.3) is 0 Å². The van der Waals surface area contributed by atoms with Gasteiger partial charge < -0.3 is 10.2 Å². The molecule has 3 N–H and O–H groups in total. The largest absolute Gasteiger partial charge is 0.369 e. The fraction of sp³-hybridized carbons (Fsp3) is 0.381. The molecule has 162 valence electrons. The van der Waals surface area contributed by atoms with Crippen LogP contribution in [0.3, 0.4) is 0 Å². The Labute approximate surface area is 176 Å². The van der Waals surface area contributed by atoms with E-state index in [1.165, 1.54) is 24.3 Å². The third-order valence-corrected chi connectivity index (χ3v) is 6.14. The average molecular weight is 435 g/mol. The molecule has 30 heavy (non-hydrogen) atoms. The monoisotopic (exact) mass is 434 g/mol. The lowest BCUT2D eigenvalue weighted by Gasteiger charge is -2.36. The van der Waals surface area contributed by atoms with Gasteiger partial charge in [0.05, 0.1) is 4.90 Å². The van der Waals surface area contributed by atoms with Crippen molar-refractivity contribution in [3.05, 3.63) is 59.9 Å². The van der Waals surface area contributed by atoms with Gasteiger partial charge in [-0.15, -0.1) is 0 Å². The van der Waals surface area contributed by atoms with Gasteiger partial charge in [0.15, 0.2) is 0 Å². The second-order valence-corrected chi connectivity index (χ2v) is 8.91.